The Morgan fingerprint density at radius 2 is 2.00 bits per heavy atom. The summed E-state index contributed by atoms with van der Waals surface area (Å²) in [5.74, 6) is -1.89. The van der Waals surface area contributed by atoms with Gasteiger partial charge in [-0.05, 0) is 25.1 Å². The van der Waals surface area contributed by atoms with Crippen LogP contribution in [0.25, 0.3) is 0 Å². The average molecular weight is 305 g/mol. The van der Waals surface area contributed by atoms with Gasteiger partial charge in [-0.3, -0.25) is 4.79 Å². The Labute approximate surface area is 118 Å². The van der Waals surface area contributed by atoms with Crippen LogP contribution in [0.3, 0.4) is 0 Å². The van der Waals surface area contributed by atoms with Gasteiger partial charge in [-0.1, -0.05) is 6.07 Å². The van der Waals surface area contributed by atoms with Crippen LogP contribution in [-0.4, -0.2) is 47.8 Å². The number of ether oxygens (including phenoxy) is 1. The van der Waals surface area contributed by atoms with E-state index in [0.717, 1.165) is 0 Å². The molecule has 0 heterocycles. The maximum atomic E-state index is 12.4. The van der Waals surface area contributed by atoms with Gasteiger partial charge in [0, 0.05) is 12.1 Å². The maximum absolute atomic E-state index is 12.4. The zero-order chi connectivity index (χ0) is 16.0. The standard InChI is InChI=1S/C13H14F3NO4/c1-2-17(8-13(14,15)16)12(20)9-4-3-5-10(6-9)21-7-11(18)19/h3-6H,2,7-8H2,1H3,(H,18,19). The number of alkyl halides is 3. The SMILES string of the molecule is CCN(CC(F)(F)F)C(=O)c1cccc(OCC(=O)O)c1. The lowest BCUT2D eigenvalue weighted by atomic mass is 10.2. The number of hydrogen-bond donors (Lipinski definition) is 1. The van der Waals surface area contributed by atoms with Crippen molar-refractivity contribution in [2.75, 3.05) is 19.7 Å². The predicted molar refractivity (Wildman–Crippen MR) is 67.2 cm³/mol. The molecule has 1 aromatic rings. The molecule has 1 N–H and O–H groups in total. The van der Waals surface area contributed by atoms with Crippen molar-refractivity contribution in [3.05, 3.63) is 29.8 Å². The van der Waals surface area contributed by atoms with Gasteiger partial charge >= 0.3 is 12.1 Å². The Bertz CT molecular complexity index is 516. The topological polar surface area (TPSA) is 66.8 Å². The van der Waals surface area contributed by atoms with Gasteiger partial charge in [-0.15, -0.1) is 0 Å². The molecule has 0 saturated carbocycles. The van der Waals surface area contributed by atoms with Gasteiger partial charge in [0.2, 0.25) is 0 Å². The summed E-state index contributed by atoms with van der Waals surface area (Å²) >= 11 is 0. The molecule has 1 amide bonds. The van der Waals surface area contributed by atoms with Crippen LogP contribution >= 0.6 is 0 Å². The van der Waals surface area contributed by atoms with E-state index in [-0.39, 0.29) is 17.9 Å². The van der Waals surface area contributed by atoms with Gasteiger partial charge in [-0.2, -0.15) is 13.2 Å². The van der Waals surface area contributed by atoms with Crippen molar-refractivity contribution in [2.45, 2.75) is 13.1 Å². The van der Waals surface area contributed by atoms with E-state index in [1.165, 1.54) is 31.2 Å². The van der Waals surface area contributed by atoms with Crippen LogP contribution < -0.4 is 4.74 Å². The summed E-state index contributed by atoms with van der Waals surface area (Å²) in [6.45, 7) is -0.604. The van der Waals surface area contributed by atoms with E-state index in [1.807, 2.05) is 0 Å². The molecule has 1 aromatic carbocycles. The van der Waals surface area contributed by atoms with Gasteiger partial charge in [0.05, 0.1) is 0 Å². The van der Waals surface area contributed by atoms with Crippen molar-refractivity contribution in [2.24, 2.45) is 0 Å². The van der Waals surface area contributed by atoms with Crippen molar-refractivity contribution >= 4 is 11.9 Å². The second-order valence-electron chi connectivity index (χ2n) is 4.14. The molecule has 0 aliphatic heterocycles. The number of halogens is 3. The third kappa shape index (κ3) is 5.72. The summed E-state index contributed by atoms with van der Waals surface area (Å²) in [4.78, 5) is 23.0. The van der Waals surface area contributed by atoms with E-state index in [1.54, 1.807) is 0 Å². The number of aliphatic carboxylic acids is 1. The third-order valence-corrected chi connectivity index (χ3v) is 2.48. The quantitative estimate of drug-likeness (QED) is 0.874. The molecule has 8 heteroatoms. The van der Waals surface area contributed by atoms with Crippen LogP contribution in [0.2, 0.25) is 0 Å². The Morgan fingerprint density at radius 3 is 2.52 bits per heavy atom. The fourth-order valence-corrected chi connectivity index (χ4v) is 1.59. The molecule has 0 atom stereocenters. The van der Waals surface area contributed by atoms with Crippen LogP contribution in [0, 0.1) is 0 Å². The molecular formula is C13H14F3NO4. The highest BCUT2D eigenvalue weighted by molar-refractivity contribution is 5.94. The third-order valence-electron chi connectivity index (χ3n) is 2.48. The summed E-state index contributed by atoms with van der Waals surface area (Å²) in [7, 11) is 0. The minimum Gasteiger partial charge on any atom is -0.482 e. The van der Waals surface area contributed by atoms with E-state index in [9.17, 15) is 22.8 Å². The number of nitrogens with zero attached hydrogens (tertiary/aromatic N) is 1. The van der Waals surface area contributed by atoms with Gasteiger partial charge in [0.1, 0.15) is 12.3 Å². The minimum absolute atomic E-state index is 0.00369. The number of carboxylic acids is 1. The normalized spacial score (nSPS) is 11.0. The first-order chi connectivity index (χ1) is 9.73. The van der Waals surface area contributed by atoms with E-state index in [2.05, 4.69) is 0 Å². The molecule has 5 nitrogen and oxygen atoms in total. The lowest BCUT2D eigenvalue weighted by Crippen LogP contribution is -2.38. The number of carbonyl (C=O) groups is 2. The Morgan fingerprint density at radius 1 is 1.33 bits per heavy atom. The van der Waals surface area contributed by atoms with Gasteiger partial charge in [0.25, 0.3) is 5.91 Å². The number of hydrogen-bond acceptors (Lipinski definition) is 3. The average Bonchev–Trinajstić information content (AvgIpc) is 2.41. The summed E-state index contributed by atoms with van der Waals surface area (Å²) in [5, 5.41) is 8.48. The maximum Gasteiger partial charge on any atom is 0.406 e. The molecule has 0 aliphatic rings. The van der Waals surface area contributed by atoms with Crippen LogP contribution in [0.1, 0.15) is 17.3 Å². The Hall–Kier alpha value is -2.25. The number of carboxylic acid groups (broad SMARTS) is 1. The number of rotatable bonds is 6. The zero-order valence-corrected chi connectivity index (χ0v) is 11.2. The summed E-state index contributed by atoms with van der Waals surface area (Å²) < 4.78 is 42.0. The van der Waals surface area contributed by atoms with Crippen molar-refractivity contribution in [3.63, 3.8) is 0 Å². The molecule has 0 radical (unpaired) electrons. The van der Waals surface area contributed by atoms with Crippen LogP contribution in [0.4, 0.5) is 13.2 Å². The molecule has 0 fully saturated rings. The van der Waals surface area contributed by atoms with Crippen LogP contribution in [0.15, 0.2) is 24.3 Å². The summed E-state index contributed by atoms with van der Waals surface area (Å²) in [6, 6.07) is 5.38. The highest BCUT2D eigenvalue weighted by Crippen LogP contribution is 2.20. The van der Waals surface area contributed by atoms with E-state index < -0.39 is 31.2 Å². The largest absolute Gasteiger partial charge is 0.482 e. The zero-order valence-electron chi connectivity index (χ0n) is 11.2. The van der Waals surface area contributed by atoms with Gasteiger partial charge in [-0.25, -0.2) is 4.79 Å². The number of benzene rings is 1. The number of amides is 1. The highest BCUT2D eigenvalue weighted by atomic mass is 19.4. The first kappa shape index (κ1) is 16.8. The molecule has 0 spiro atoms. The predicted octanol–water partition coefficient (Wildman–Crippen LogP) is 2.17. The number of carbonyl (C=O) groups excluding carboxylic acids is 1. The highest BCUT2D eigenvalue weighted by Gasteiger charge is 2.32. The van der Waals surface area contributed by atoms with Gasteiger partial charge < -0.3 is 14.7 Å². The van der Waals surface area contributed by atoms with Crippen molar-refractivity contribution in [1.29, 1.82) is 0 Å². The fourth-order valence-electron chi connectivity index (χ4n) is 1.59. The molecule has 0 unspecified atom stereocenters. The van der Waals surface area contributed by atoms with Crippen molar-refractivity contribution < 1.29 is 32.6 Å². The fraction of sp³-hybridized carbons (Fsp3) is 0.385. The van der Waals surface area contributed by atoms with E-state index in [4.69, 9.17) is 9.84 Å². The van der Waals surface area contributed by atoms with E-state index >= 15 is 0 Å². The summed E-state index contributed by atoms with van der Waals surface area (Å²) in [5.41, 5.74) is 0.00369. The molecular weight excluding hydrogens is 291 g/mol. The second-order valence-corrected chi connectivity index (χ2v) is 4.14. The molecule has 0 saturated heterocycles. The molecule has 1 rings (SSSR count). The van der Waals surface area contributed by atoms with Crippen molar-refractivity contribution in [1.82, 2.24) is 4.90 Å². The molecule has 0 aromatic heterocycles. The first-order valence-corrected chi connectivity index (χ1v) is 6.03. The molecule has 21 heavy (non-hydrogen) atoms. The minimum atomic E-state index is -4.48. The first-order valence-electron chi connectivity index (χ1n) is 6.03. The molecule has 116 valence electrons. The smallest absolute Gasteiger partial charge is 0.406 e. The van der Waals surface area contributed by atoms with E-state index in [0.29, 0.717) is 4.90 Å². The lowest BCUT2D eigenvalue weighted by Gasteiger charge is -2.22. The Kier molecular flexibility index (Phi) is 5.57. The molecule has 0 bridgehead atoms. The second kappa shape index (κ2) is 6.96. The van der Waals surface area contributed by atoms with Crippen LogP contribution in [0.5, 0.6) is 5.75 Å². The summed E-state index contributed by atoms with van der Waals surface area (Å²) in [6.07, 6.45) is -4.48. The monoisotopic (exact) mass is 305 g/mol. The Balaban J connectivity index is 2.85. The van der Waals surface area contributed by atoms with Gasteiger partial charge in [0.15, 0.2) is 6.61 Å². The van der Waals surface area contributed by atoms with Crippen LogP contribution in [-0.2, 0) is 4.79 Å². The lowest BCUT2D eigenvalue weighted by molar-refractivity contribution is -0.140. The van der Waals surface area contributed by atoms with Crippen molar-refractivity contribution in [3.8, 4) is 5.75 Å². The molecule has 0 aliphatic carbocycles.